The molecule has 1 heterocycles. The third kappa shape index (κ3) is 4.66. The van der Waals surface area contributed by atoms with Gasteiger partial charge in [-0.1, -0.05) is 56.3 Å². The molecule has 0 radical (unpaired) electrons. The molecule has 1 aliphatic heterocycles. The smallest absolute Gasteiger partial charge is 0.352 e. The first-order valence-electron chi connectivity index (χ1n) is 10.8. The highest BCUT2D eigenvalue weighted by atomic mass is 16.2. The molecule has 0 bridgehead atoms. The second kappa shape index (κ2) is 9.50. The summed E-state index contributed by atoms with van der Waals surface area (Å²) in [6, 6.07) is 15.3. The lowest BCUT2D eigenvalue weighted by molar-refractivity contribution is -0.141. The lowest BCUT2D eigenvalue weighted by atomic mass is 9.97. The summed E-state index contributed by atoms with van der Waals surface area (Å²) in [5, 5.41) is 6.00. The maximum Gasteiger partial charge on any atom is 0.352 e. The largest absolute Gasteiger partial charge is 0.379 e. The molecule has 32 heavy (non-hydrogen) atoms. The molecular weight excluding hydrogens is 406 g/mol. The number of amides is 3. The Kier molecular flexibility index (Phi) is 6.96. The van der Waals surface area contributed by atoms with E-state index in [-0.39, 0.29) is 11.8 Å². The van der Waals surface area contributed by atoms with Crippen molar-refractivity contribution in [1.29, 1.82) is 0 Å². The minimum atomic E-state index is -0.867. The standard InChI is InChI=1S/C24H31N5O3/c1-15(2)21(25)23(31)27-16(3)22(30)28-29(4)20-13-9-8-12-19(20)26-14-18(24(29)32)17-10-6-5-7-11-17/h5-13,15-16,18,21,26H,14,25H2,1-4H3,(H-,27,28,30,31)/p+1/t16-,18+,21-,29-/m0/s1. The SMILES string of the molecule is CC(C)[C@H](N)C(=O)N[C@@H](C)C(=O)N[N@+]1(C)C(=O)[C@@H](c2ccccc2)CNc2ccccc21. The van der Waals surface area contributed by atoms with E-state index < -0.39 is 34.4 Å². The molecule has 2 aromatic rings. The second-order valence-corrected chi connectivity index (χ2v) is 8.68. The van der Waals surface area contributed by atoms with Gasteiger partial charge >= 0.3 is 5.91 Å². The summed E-state index contributed by atoms with van der Waals surface area (Å²) < 4.78 is -0.433. The number of benzene rings is 2. The molecule has 8 nitrogen and oxygen atoms in total. The van der Waals surface area contributed by atoms with Crippen molar-refractivity contribution in [2.75, 3.05) is 18.9 Å². The summed E-state index contributed by atoms with van der Waals surface area (Å²) in [5.74, 6) is -1.61. The van der Waals surface area contributed by atoms with Gasteiger partial charge in [0.25, 0.3) is 5.91 Å². The molecule has 3 amide bonds. The lowest BCUT2D eigenvalue weighted by Crippen LogP contribution is -2.66. The van der Waals surface area contributed by atoms with E-state index in [1.807, 2.05) is 68.4 Å². The van der Waals surface area contributed by atoms with Crippen LogP contribution in [0.2, 0.25) is 0 Å². The van der Waals surface area contributed by atoms with Gasteiger partial charge in [0.1, 0.15) is 19.0 Å². The normalized spacial score (nSPS) is 22.2. The van der Waals surface area contributed by atoms with Crippen LogP contribution in [0.15, 0.2) is 54.6 Å². The van der Waals surface area contributed by atoms with Crippen LogP contribution < -0.4 is 26.4 Å². The zero-order valence-corrected chi connectivity index (χ0v) is 19.0. The number of fused-ring (bicyclic) bond motifs is 1. The van der Waals surface area contributed by atoms with Crippen molar-refractivity contribution < 1.29 is 14.4 Å². The van der Waals surface area contributed by atoms with Gasteiger partial charge in [0.15, 0.2) is 5.69 Å². The van der Waals surface area contributed by atoms with Gasteiger partial charge in [-0.15, -0.1) is 4.59 Å². The van der Waals surface area contributed by atoms with Crippen molar-refractivity contribution >= 4 is 29.1 Å². The Morgan fingerprint density at radius 3 is 2.31 bits per heavy atom. The van der Waals surface area contributed by atoms with Crippen LogP contribution in [0, 0.1) is 5.92 Å². The molecule has 4 atom stereocenters. The van der Waals surface area contributed by atoms with Crippen LogP contribution in [0.1, 0.15) is 32.3 Å². The number of carbonyl (C=O) groups excluding carboxylic acids is 3. The molecule has 170 valence electrons. The minimum absolute atomic E-state index is 0.0634. The molecule has 8 heteroatoms. The van der Waals surface area contributed by atoms with Crippen LogP contribution in [-0.2, 0) is 14.4 Å². The predicted molar refractivity (Wildman–Crippen MR) is 125 cm³/mol. The number of hydrogen-bond donors (Lipinski definition) is 4. The Morgan fingerprint density at radius 2 is 1.66 bits per heavy atom. The molecule has 3 rings (SSSR count). The van der Waals surface area contributed by atoms with E-state index >= 15 is 0 Å². The Balaban J connectivity index is 1.91. The number of nitrogens with zero attached hydrogens (tertiary/aromatic N) is 1. The van der Waals surface area contributed by atoms with Crippen LogP contribution in [-0.4, -0.2) is 43.4 Å². The Morgan fingerprint density at radius 1 is 1.03 bits per heavy atom. The number of rotatable bonds is 6. The molecule has 0 aromatic heterocycles. The number of carbonyl (C=O) groups is 3. The van der Waals surface area contributed by atoms with Crippen LogP contribution in [0.4, 0.5) is 11.4 Å². The summed E-state index contributed by atoms with van der Waals surface area (Å²) in [7, 11) is 1.66. The van der Waals surface area contributed by atoms with Crippen molar-refractivity contribution in [3.63, 3.8) is 0 Å². The highest BCUT2D eigenvalue weighted by molar-refractivity contribution is 6.00. The molecule has 0 unspecified atom stereocenters. The highest BCUT2D eigenvalue weighted by Crippen LogP contribution is 2.36. The third-order valence-electron chi connectivity index (χ3n) is 5.93. The van der Waals surface area contributed by atoms with Crippen molar-refractivity contribution in [3.8, 4) is 0 Å². The Labute approximate surface area is 188 Å². The van der Waals surface area contributed by atoms with Gasteiger partial charge in [-0.05, 0) is 24.5 Å². The number of nitrogens with one attached hydrogen (secondary N) is 3. The van der Waals surface area contributed by atoms with Gasteiger partial charge in [-0.3, -0.25) is 9.59 Å². The Bertz CT molecular complexity index is 994. The van der Waals surface area contributed by atoms with Crippen LogP contribution in [0.3, 0.4) is 0 Å². The molecule has 0 fully saturated rings. The zero-order chi connectivity index (χ0) is 23.5. The van der Waals surface area contributed by atoms with Crippen molar-refractivity contribution in [2.24, 2.45) is 11.7 Å². The first kappa shape index (κ1) is 23.4. The van der Waals surface area contributed by atoms with Crippen LogP contribution in [0.25, 0.3) is 0 Å². The maximum absolute atomic E-state index is 13.8. The van der Waals surface area contributed by atoms with Crippen molar-refractivity contribution in [3.05, 3.63) is 60.2 Å². The Hall–Kier alpha value is -3.23. The van der Waals surface area contributed by atoms with E-state index in [9.17, 15) is 14.4 Å². The highest BCUT2D eigenvalue weighted by Gasteiger charge is 2.46. The van der Waals surface area contributed by atoms with E-state index in [0.717, 1.165) is 11.3 Å². The van der Waals surface area contributed by atoms with Gasteiger partial charge in [0, 0.05) is 12.6 Å². The lowest BCUT2D eigenvalue weighted by Gasteiger charge is -2.33. The summed E-state index contributed by atoms with van der Waals surface area (Å²) in [5.41, 5.74) is 11.0. The average molecular weight is 439 g/mol. The number of anilines is 1. The number of likely N-dealkylation sites (N-methyl/N-ethyl adjacent to an activating group) is 1. The van der Waals surface area contributed by atoms with E-state index in [1.54, 1.807) is 14.0 Å². The number of quaternary nitrogens is 1. The summed E-state index contributed by atoms with van der Waals surface area (Å²) in [6.45, 7) is 5.65. The predicted octanol–water partition coefficient (Wildman–Crippen LogP) is 1.88. The van der Waals surface area contributed by atoms with Gasteiger partial charge in [-0.2, -0.15) is 5.43 Å². The zero-order valence-electron chi connectivity index (χ0n) is 19.0. The summed E-state index contributed by atoms with van der Waals surface area (Å²) in [4.78, 5) is 39.2. The number of para-hydroxylation sites is 2. The molecule has 0 saturated heterocycles. The third-order valence-corrected chi connectivity index (χ3v) is 5.93. The van der Waals surface area contributed by atoms with E-state index in [2.05, 4.69) is 16.1 Å². The first-order chi connectivity index (χ1) is 15.1. The van der Waals surface area contributed by atoms with Crippen LogP contribution >= 0.6 is 0 Å². The summed E-state index contributed by atoms with van der Waals surface area (Å²) >= 11 is 0. The number of nitrogens with two attached hydrogens (primary N) is 1. The molecule has 0 spiro atoms. The minimum Gasteiger partial charge on any atom is -0.379 e. The van der Waals surface area contributed by atoms with Crippen molar-refractivity contribution in [1.82, 2.24) is 15.3 Å². The molecule has 1 aliphatic rings. The van der Waals surface area contributed by atoms with Crippen molar-refractivity contribution in [2.45, 2.75) is 38.8 Å². The molecular formula is C24H32N5O3+. The summed E-state index contributed by atoms with van der Waals surface area (Å²) in [6.07, 6.45) is 0. The fourth-order valence-corrected chi connectivity index (χ4v) is 3.80. The second-order valence-electron chi connectivity index (χ2n) is 8.68. The monoisotopic (exact) mass is 438 g/mol. The molecule has 0 saturated carbocycles. The van der Waals surface area contributed by atoms with E-state index in [1.165, 1.54) is 0 Å². The molecule has 2 aromatic carbocycles. The van der Waals surface area contributed by atoms with Gasteiger partial charge in [0.2, 0.25) is 5.91 Å². The first-order valence-corrected chi connectivity index (χ1v) is 10.8. The molecule has 0 aliphatic carbocycles. The van der Waals surface area contributed by atoms with E-state index in [0.29, 0.717) is 12.2 Å². The topological polar surface area (TPSA) is 113 Å². The van der Waals surface area contributed by atoms with Crippen LogP contribution in [0.5, 0.6) is 0 Å². The van der Waals surface area contributed by atoms with Gasteiger partial charge < -0.3 is 16.4 Å². The van der Waals surface area contributed by atoms with Gasteiger partial charge in [0.05, 0.1) is 11.7 Å². The fraction of sp³-hybridized carbons (Fsp3) is 0.375. The fourth-order valence-electron chi connectivity index (χ4n) is 3.80. The average Bonchev–Trinajstić information content (AvgIpc) is 2.88. The quantitative estimate of drug-likeness (QED) is 0.515. The maximum atomic E-state index is 13.8. The van der Waals surface area contributed by atoms with Gasteiger partial charge in [-0.25, -0.2) is 4.79 Å². The molecule has 5 N–H and O–H groups in total. The van der Waals surface area contributed by atoms with E-state index in [4.69, 9.17) is 5.73 Å². The number of hydrogen-bond acceptors (Lipinski definition) is 5.